The Morgan fingerprint density at radius 3 is 0.286 bits per heavy atom. The van der Waals surface area contributed by atoms with Crippen molar-refractivity contribution in [2.45, 2.75) is 19.8 Å². The molecule has 0 heterocycles. The summed E-state index contributed by atoms with van der Waals surface area (Å²) in [6.45, 7) is 0. The SMILES string of the molecule is [CH3][Sn].[CH3][Sn].[CH3][Sn].[CH3][Sn].[Se].[Se].[Se].[Se].[Se].[Se]. The van der Waals surface area contributed by atoms with Crippen LogP contribution in [-0.2, 0) is 0 Å². The number of hydrogen-bond acceptors (Lipinski definition) is 0. The van der Waals surface area contributed by atoms with Crippen molar-refractivity contribution < 1.29 is 0 Å². The number of hydrogen-bond donors (Lipinski definition) is 0. The molecule has 0 fully saturated rings. The first-order valence-electron chi connectivity index (χ1n) is 2.00. The van der Waals surface area contributed by atoms with E-state index in [0.717, 1.165) is 0 Å². The van der Waals surface area contributed by atoms with Gasteiger partial charge >= 0.3 is 110 Å². The average molecular weight is 1010 g/mol. The molecule has 0 aromatic rings. The molecule has 0 aromatic heterocycles. The third kappa shape index (κ3) is 138. The Labute approximate surface area is 207 Å². The molecule has 0 aromatic carbocycles. The Balaban J connectivity index is -0.00000000167. The van der Waals surface area contributed by atoms with Crippen LogP contribution in [0.2, 0.25) is 19.8 Å². The Morgan fingerprint density at radius 2 is 0.286 bits per heavy atom. The van der Waals surface area contributed by atoms with Gasteiger partial charge in [0.25, 0.3) is 0 Å². The molecule has 0 rings (SSSR count). The van der Waals surface area contributed by atoms with Crippen molar-refractivity contribution in [2.75, 3.05) is 0 Å². The molecule has 0 saturated heterocycles. The second-order valence-electron chi connectivity index (χ2n) is 0. The molecule has 0 aliphatic rings. The largest absolute Gasteiger partial charge is 0 e. The minimum atomic E-state index is 0. The summed E-state index contributed by atoms with van der Waals surface area (Å²) in [4.78, 5) is 8.36. The predicted molar refractivity (Wildman–Crippen MR) is 81.0 cm³/mol. The summed E-state index contributed by atoms with van der Waals surface area (Å²) in [5.74, 6) is 0. The first-order valence-corrected chi connectivity index (χ1v) is 13.4. The van der Waals surface area contributed by atoms with Crippen LogP contribution in [0.3, 0.4) is 0 Å². The zero-order valence-electron chi connectivity index (χ0n) is 8.45. The van der Waals surface area contributed by atoms with Crippen molar-refractivity contribution in [1.82, 2.24) is 0 Å². The summed E-state index contributed by atoms with van der Waals surface area (Å²) < 4.78 is 0. The summed E-state index contributed by atoms with van der Waals surface area (Å²) in [7, 11) is 0. The predicted octanol–water partition coefficient (Wildman–Crippen LogP) is -1.47. The van der Waals surface area contributed by atoms with Gasteiger partial charge in [-0.25, -0.2) is 0 Å². The molecule has 10 heteroatoms. The van der Waals surface area contributed by atoms with Gasteiger partial charge < -0.3 is 0 Å². The zero-order chi connectivity index (χ0) is 8.00. The van der Waals surface area contributed by atoms with E-state index in [2.05, 4.69) is 19.8 Å². The molecule has 0 spiro atoms. The molecule has 0 bridgehead atoms. The molecule has 80 valence electrons. The van der Waals surface area contributed by atoms with E-state index in [1.807, 2.05) is 0 Å². The molecule has 0 nitrogen and oxygen atoms in total. The molecule has 0 atom stereocenters. The Kier molecular flexibility index (Phi) is 827. The van der Waals surface area contributed by atoms with Crippen LogP contribution < -0.4 is 0 Å². The fraction of sp³-hybridized carbons (Fsp3) is 1.00. The quantitative estimate of drug-likeness (QED) is 0.261. The standard InChI is InChI=1S/4CH3.6Se.4Sn/h4*1H3;;;;;;;;;;. The van der Waals surface area contributed by atoms with E-state index >= 15 is 0 Å². The molecule has 0 unspecified atom stereocenters. The van der Waals surface area contributed by atoms with Crippen LogP contribution in [0.5, 0.6) is 0 Å². The van der Waals surface area contributed by atoms with E-state index in [4.69, 9.17) is 0 Å². The summed E-state index contributed by atoms with van der Waals surface area (Å²) in [5.41, 5.74) is 0. The molecular weight excluding hydrogens is 997 g/mol. The van der Waals surface area contributed by atoms with Gasteiger partial charge in [-0.1, -0.05) is 0 Å². The van der Waals surface area contributed by atoms with Gasteiger partial charge in [-0.05, 0) is 0 Å². The molecule has 14 heavy (non-hydrogen) atoms. The first kappa shape index (κ1) is 71.2. The maximum Gasteiger partial charge on any atom is 0 e. The van der Waals surface area contributed by atoms with Crippen LogP contribution >= 0.6 is 0 Å². The maximum atomic E-state index is 2.09. The number of rotatable bonds is 0. The van der Waals surface area contributed by atoms with Crippen molar-refractivity contribution in [3.05, 3.63) is 0 Å². The summed E-state index contributed by atoms with van der Waals surface area (Å²) in [6, 6.07) is 0. The van der Waals surface area contributed by atoms with Gasteiger partial charge in [-0.15, -0.1) is 0 Å². The normalized spacial score (nSPS) is 1.71. The topological polar surface area (TPSA) is 0 Å². The van der Waals surface area contributed by atoms with Crippen molar-refractivity contribution >= 4 is 193 Å². The minimum Gasteiger partial charge on any atom is 0 e. The van der Waals surface area contributed by atoms with Gasteiger partial charge in [0.05, 0.1) is 0 Å². The van der Waals surface area contributed by atoms with Gasteiger partial charge in [-0.2, -0.15) is 0 Å². The molecule has 24 radical (unpaired) electrons. The van der Waals surface area contributed by atoms with E-state index in [0.29, 0.717) is 0 Å². The van der Waals surface area contributed by atoms with Gasteiger partial charge in [0.2, 0.25) is 0 Å². The van der Waals surface area contributed by atoms with Gasteiger partial charge in [0.15, 0.2) is 0 Å². The zero-order valence-corrected chi connectivity index (χ0v) is 30.1. The Bertz CT molecular complexity index is 21.8. The fourth-order valence-corrected chi connectivity index (χ4v) is 0. The minimum absolute atomic E-state index is 0. The van der Waals surface area contributed by atoms with Crippen molar-refractivity contribution in [2.24, 2.45) is 0 Å². The fourth-order valence-electron chi connectivity index (χ4n) is 0. The van der Waals surface area contributed by atoms with Gasteiger partial charge in [-0.3, -0.25) is 0 Å². The van der Waals surface area contributed by atoms with E-state index in [9.17, 15) is 0 Å². The van der Waals surface area contributed by atoms with Crippen LogP contribution in [0.15, 0.2) is 0 Å². The third-order valence-electron chi connectivity index (χ3n) is 0. The van der Waals surface area contributed by atoms with Crippen LogP contribution in [0, 0.1) is 0 Å². The van der Waals surface area contributed by atoms with Crippen LogP contribution in [0.4, 0.5) is 0 Å². The van der Waals surface area contributed by atoms with E-state index < -0.39 is 0 Å². The second kappa shape index (κ2) is 163. The van der Waals surface area contributed by atoms with Gasteiger partial charge in [0, 0.05) is 102 Å². The van der Waals surface area contributed by atoms with Crippen molar-refractivity contribution in [3.63, 3.8) is 0 Å². The summed E-state index contributed by atoms with van der Waals surface area (Å²) in [6.07, 6.45) is 0. The first-order chi connectivity index (χ1) is 4.00. The monoisotopic (exact) mass is 1020 g/mol. The second-order valence-corrected chi connectivity index (χ2v) is 0. The average Bonchev–Trinajstić information content (AvgIpc) is 2.03. The van der Waals surface area contributed by atoms with E-state index in [1.54, 1.807) is 90.1 Å². The Hall–Kier alpha value is 6.31. The summed E-state index contributed by atoms with van der Waals surface area (Å²) in [5, 5.41) is 0. The molecule has 0 saturated carbocycles. The Morgan fingerprint density at radius 1 is 0.286 bits per heavy atom. The molecular formula is C4H12Se6Sn4. The third-order valence-corrected chi connectivity index (χ3v) is 0. The molecule has 0 N–H and O–H groups in total. The molecule has 0 aliphatic heterocycles. The maximum absolute atomic E-state index is 2.09. The van der Waals surface area contributed by atoms with Crippen LogP contribution in [-0.4, -0.2) is 193 Å². The smallest absolute Gasteiger partial charge is 0 e. The van der Waals surface area contributed by atoms with E-state index in [1.165, 1.54) is 0 Å². The van der Waals surface area contributed by atoms with Crippen LogP contribution in [0.1, 0.15) is 0 Å². The van der Waals surface area contributed by atoms with Crippen molar-refractivity contribution in [3.8, 4) is 0 Å². The van der Waals surface area contributed by atoms with E-state index in [-0.39, 0.29) is 102 Å². The molecule has 0 amide bonds. The van der Waals surface area contributed by atoms with Crippen LogP contribution in [0.25, 0.3) is 0 Å². The summed E-state index contributed by atoms with van der Waals surface area (Å²) >= 11 is 6.20. The van der Waals surface area contributed by atoms with Gasteiger partial charge in [0.1, 0.15) is 0 Å². The van der Waals surface area contributed by atoms with Crippen molar-refractivity contribution in [1.29, 1.82) is 0 Å². The molecule has 0 aliphatic carbocycles.